The van der Waals surface area contributed by atoms with Crippen LogP contribution in [0.25, 0.3) is 0 Å². The maximum atomic E-state index is 11.8. The molecule has 0 fully saturated rings. The molecule has 16 heavy (non-hydrogen) atoms. The first-order valence-electron chi connectivity index (χ1n) is 4.78. The van der Waals surface area contributed by atoms with E-state index in [2.05, 4.69) is 5.32 Å². The number of amides is 1. The van der Waals surface area contributed by atoms with E-state index in [9.17, 15) is 4.79 Å². The lowest BCUT2D eigenvalue weighted by atomic mass is 10.2. The predicted molar refractivity (Wildman–Crippen MR) is 68.5 cm³/mol. The van der Waals surface area contributed by atoms with Crippen LogP contribution in [0.4, 0.5) is 5.69 Å². The topological polar surface area (TPSA) is 29.1 Å². The molecule has 0 aliphatic heterocycles. The molecule has 1 heterocycles. The largest absolute Gasteiger partial charge is 0.320 e. The Bertz CT molecular complexity index is 508. The third-order valence-electron chi connectivity index (χ3n) is 2.12. The molecule has 0 atom stereocenters. The molecular formula is C12H10ClNOS. The molecule has 0 aliphatic carbocycles. The molecule has 0 saturated heterocycles. The molecular weight excluding hydrogens is 242 g/mol. The summed E-state index contributed by atoms with van der Waals surface area (Å²) < 4.78 is 0. The number of hydrogen-bond acceptors (Lipinski definition) is 2. The number of rotatable bonds is 2. The smallest absolute Gasteiger partial charge is 0.265 e. The maximum Gasteiger partial charge on any atom is 0.265 e. The second-order valence-corrected chi connectivity index (χ2v) is 4.77. The van der Waals surface area contributed by atoms with Crippen molar-refractivity contribution in [1.29, 1.82) is 0 Å². The zero-order chi connectivity index (χ0) is 11.5. The van der Waals surface area contributed by atoms with Crippen molar-refractivity contribution in [2.75, 3.05) is 5.32 Å². The molecule has 1 N–H and O–H groups in total. The molecule has 0 radical (unpaired) electrons. The summed E-state index contributed by atoms with van der Waals surface area (Å²) in [7, 11) is 0. The zero-order valence-electron chi connectivity index (χ0n) is 8.66. The van der Waals surface area contributed by atoms with Crippen molar-refractivity contribution in [3.8, 4) is 0 Å². The van der Waals surface area contributed by atoms with Crippen molar-refractivity contribution in [3.05, 3.63) is 51.2 Å². The molecule has 4 heteroatoms. The first-order chi connectivity index (χ1) is 7.66. The average Bonchev–Trinajstić information content (AvgIpc) is 2.76. The highest BCUT2D eigenvalue weighted by atomic mass is 35.5. The predicted octanol–water partition coefficient (Wildman–Crippen LogP) is 3.96. The molecule has 0 spiro atoms. The van der Waals surface area contributed by atoms with E-state index in [0.29, 0.717) is 15.6 Å². The Kier molecular flexibility index (Phi) is 3.27. The monoisotopic (exact) mass is 251 g/mol. The first kappa shape index (κ1) is 11.2. The quantitative estimate of drug-likeness (QED) is 0.860. The van der Waals surface area contributed by atoms with E-state index < -0.39 is 0 Å². The number of anilines is 1. The Hall–Kier alpha value is -1.32. The lowest BCUT2D eigenvalue weighted by molar-refractivity contribution is 0.103. The van der Waals surface area contributed by atoms with Crippen LogP contribution in [-0.2, 0) is 0 Å². The van der Waals surface area contributed by atoms with Crippen LogP contribution in [0.1, 0.15) is 15.2 Å². The van der Waals surface area contributed by atoms with Gasteiger partial charge in [0.1, 0.15) is 0 Å². The molecule has 0 aliphatic rings. The fourth-order valence-electron chi connectivity index (χ4n) is 1.33. The molecule has 0 unspecified atom stereocenters. The van der Waals surface area contributed by atoms with Gasteiger partial charge in [-0.05, 0) is 36.1 Å². The van der Waals surface area contributed by atoms with Gasteiger partial charge in [-0.25, -0.2) is 0 Å². The van der Waals surface area contributed by atoms with Crippen molar-refractivity contribution in [1.82, 2.24) is 0 Å². The summed E-state index contributed by atoms with van der Waals surface area (Å²) in [5, 5.41) is 5.21. The SMILES string of the molecule is Cc1ccc(Cl)c(NC(=O)c2cccs2)c1. The van der Waals surface area contributed by atoms with Crippen molar-refractivity contribution in [2.24, 2.45) is 0 Å². The molecule has 1 amide bonds. The standard InChI is InChI=1S/C12H10ClNOS/c1-8-4-5-9(13)10(7-8)14-12(15)11-3-2-6-16-11/h2-7H,1H3,(H,14,15). The van der Waals surface area contributed by atoms with Crippen LogP contribution in [0.5, 0.6) is 0 Å². The molecule has 0 saturated carbocycles. The average molecular weight is 252 g/mol. The van der Waals surface area contributed by atoms with Crippen molar-refractivity contribution >= 4 is 34.5 Å². The van der Waals surface area contributed by atoms with Gasteiger partial charge in [-0.15, -0.1) is 11.3 Å². The number of hydrogen-bond donors (Lipinski definition) is 1. The zero-order valence-corrected chi connectivity index (χ0v) is 10.2. The molecule has 2 nitrogen and oxygen atoms in total. The minimum Gasteiger partial charge on any atom is -0.320 e. The van der Waals surface area contributed by atoms with E-state index in [1.54, 1.807) is 12.1 Å². The Morgan fingerprint density at radius 1 is 1.38 bits per heavy atom. The first-order valence-corrected chi connectivity index (χ1v) is 6.03. The van der Waals surface area contributed by atoms with Crippen molar-refractivity contribution < 1.29 is 4.79 Å². The lowest BCUT2D eigenvalue weighted by Gasteiger charge is -2.06. The number of aryl methyl sites for hydroxylation is 1. The Morgan fingerprint density at radius 3 is 2.88 bits per heavy atom. The summed E-state index contributed by atoms with van der Waals surface area (Å²) in [6.07, 6.45) is 0. The van der Waals surface area contributed by atoms with Crippen molar-refractivity contribution in [3.63, 3.8) is 0 Å². The van der Waals surface area contributed by atoms with Gasteiger partial charge in [-0.1, -0.05) is 23.7 Å². The summed E-state index contributed by atoms with van der Waals surface area (Å²) >= 11 is 7.40. The number of benzene rings is 1. The third kappa shape index (κ3) is 2.43. The van der Waals surface area contributed by atoms with Gasteiger partial charge >= 0.3 is 0 Å². The van der Waals surface area contributed by atoms with Crippen LogP contribution in [0.2, 0.25) is 5.02 Å². The number of carbonyl (C=O) groups excluding carboxylic acids is 1. The van der Waals surface area contributed by atoms with Gasteiger partial charge in [-0.2, -0.15) is 0 Å². The summed E-state index contributed by atoms with van der Waals surface area (Å²) in [4.78, 5) is 12.5. The van der Waals surface area contributed by atoms with Crippen molar-refractivity contribution in [2.45, 2.75) is 6.92 Å². The summed E-state index contributed by atoms with van der Waals surface area (Å²) in [6, 6.07) is 9.17. The van der Waals surface area contributed by atoms with E-state index in [0.717, 1.165) is 5.56 Å². The lowest BCUT2D eigenvalue weighted by Crippen LogP contribution is -2.10. The molecule has 1 aromatic heterocycles. The summed E-state index contributed by atoms with van der Waals surface area (Å²) in [5.41, 5.74) is 1.71. The van der Waals surface area contributed by atoms with Gasteiger partial charge in [0.25, 0.3) is 5.91 Å². The highest BCUT2D eigenvalue weighted by Gasteiger charge is 2.08. The number of thiophene rings is 1. The summed E-state index contributed by atoms with van der Waals surface area (Å²) in [5.74, 6) is -0.123. The Labute approximate surface area is 103 Å². The Morgan fingerprint density at radius 2 is 2.19 bits per heavy atom. The van der Waals surface area contributed by atoms with E-state index in [1.807, 2.05) is 30.5 Å². The van der Waals surface area contributed by atoms with E-state index >= 15 is 0 Å². The van der Waals surface area contributed by atoms with Gasteiger partial charge < -0.3 is 5.32 Å². The van der Waals surface area contributed by atoms with E-state index in [-0.39, 0.29) is 5.91 Å². The normalized spacial score (nSPS) is 10.1. The van der Waals surface area contributed by atoms with Crippen LogP contribution < -0.4 is 5.32 Å². The van der Waals surface area contributed by atoms with Crippen LogP contribution in [-0.4, -0.2) is 5.91 Å². The molecule has 82 valence electrons. The fourth-order valence-corrected chi connectivity index (χ4v) is 2.11. The van der Waals surface area contributed by atoms with Gasteiger partial charge in [0.15, 0.2) is 0 Å². The highest BCUT2D eigenvalue weighted by Crippen LogP contribution is 2.23. The molecule has 0 bridgehead atoms. The minimum absolute atomic E-state index is 0.123. The van der Waals surface area contributed by atoms with Gasteiger partial charge in [0, 0.05) is 0 Å². The summed E-state index contributed by atoms with van der Waals surface area (Å²) in [6.45, 7) is 1.96. The van der Waals surface area contributed by atoms with E-state index in [4.69, 9.17) is 11.6 Å². The van der Waals surface area contributed by atoms with Gasteiger partial charge in [-0.3, -0.25) is 4.79 Å². The third-order valence-corrected chi connectivity index (χ3v) is 3.31. The maximum absolute atomic E-state index is 11.8. The molecule has 1 aromatic carbocycles. The van der Waals surface area contributed by atoms with Crippen LogP contribution >= 0.6 is 22.9 Å². The van der Waals surface area contributed by atoms with Crippen LogP contribution in [0.3, 0.4) is 0 Å². The van der Waals surface area contributed by atoms with Gasteiger partial charge in [0.2, 0.25) is 0 Å². The Balaban J connectivity index is 2.21. The molecule has 2 rings (SSSR count). The van der Waals surface area contributed by atoms with Crippen LogP contribution in [0, 0.1) is 6.92 Å². The number of nitrogens with one attached hydrogen (secondary N) is 1. The number of halogens is 1. The second-order valence-electron chi connectivity index (χ2n) is 3.41. The fraction of sp³-hybridized carbons (Fsp3) is 0.0833. The van der Waals surface area contributed by atoms with Gasteiger partial charge in [0.05, 0.1) is 15.6 Å². The number of carbonyl (C=O) groups is 1. The molecule has 2 aromatic rings. The highest BCUT2D eigenvalue weighted by molar-refractivity contribution is 7.12. The minimum atomic E-state index is -0.123. The van der Waals surface area contributed by atoms with Crippen LogP contribution in [0.15, 0.2) is 35.7 Å². The van der Waals surface area contributed by atoms with E-state index in [1.165, 1.54) is 11.3 Å². The second kappa shape index (κ2) is 4.68.